The van der Waals surface area contributed by atoms with Crippen LogP contribution >= 0.6 is 0 Å². The number of aliphatic carboxylic acids is 1. The maximum absolute atomic E-state index is 13.0. The van der Waals surface area contributed by atoms with Crippen LogP contribution < -0.4 is 5.56 Å². The minimum Gasteiger partial charge on any atom is -0.481 e. The van der Waals surface area contributed by atoms with Gasteiger partial charge in [0.15, 0.2) is 0 Å². The maximum Gasteiger partial charge on any atom is 0.306 e. The lowest BCUT2D eigenvalue weighted by molar-refractivity contribution is -0.143. The number of aromatic nitrogens is 2. The number of amides is 1. The van der Waals surface area contributed by atoms with Crippen molar-refractivity contribution in [3.63, 3.8) is 0 Å². The molecular weight excluding hydrogens is 329 g/mol. The first-order valence-corrected chi connectivity index (χ1v) is 7.84. The second kappa shape index (κ2) is 6.84. The van der Waals surface area contributed by atoms with Crippen LogP contribution in [0.15, 0.2) is 41.2 Å². The molecule has 2 aromatic rings. The molecular formula is C17H16FN3O4. The predicted molar refractivity (Wildman–Crippen MR) is 86.1 cm³/mol. The van der Waals surface area contributed by atoms with Gasteiger partial charge in [-0.1, -0.05) is 0 Å². The zero-order valence-electron chi connectivity index (χ0n) is 13.3. The van der Waals surface area contributed by atoms with Gasteiger partial charge in [0.25, 0.3) is 11.5 Å². The van der Waals surface area contributed by atoms with E-state index < -0.39 is 23.3 Å². The Kier molecular flexibility index (Phi) is 4.60. The Morgan fingerprint density at radius 1 is 1.08 bits per heavy atom. The summed E-state index contributed by atoms with van der Waals surface area (Å²) >= 11 is 0. The molecule has 3 rings (SSSR count). The second-order valence-electron chi connectivity index (χ2n) is 5.85. The van der Waals surface area contributed by atoms with Gasteiger partial charge in [-0.15, -0.1) is 0 Å². The first-order valence-electron chi connectivity index (χ1n) is 7.84. The zero-order chi connectivity index (χ0) is 18.0. The molecule has 1 aliphatic heterocycles. The number of piperidine rings is 1. The third-order valence-electron chi connectivity index (χ3n) is 4.22. The molecule has 1 amide bonds. The standard InChI is InChI=1S/C17H16FN3O4/c18-12-1-3-13(4-2-12)21-15(22)6-5-14(19-21)16(23)20-9-7-11(8-10-20)17(24)25/h1-6,11H,7-10H2,(H,24,25). The summed E-state index contributed by atoms with van der Waals surface area (Å²) in [6.07, 6.45) is 0.775. The molecule has 0 spiro atoms. The number of likely N-dealkylation sites (tertiary alicyclic amines) is 1. The number of carbonyl (C=O) groups excluding carboxylic acids is 1. The van der Waals surface area contributed by atoms with Crippen LogP contribution in [0.1, 0.15) is 23.3 Å². The van der Waals surface area contributed by atoms with E-state index in [9.17, 15) is 18.8 Å². The van der Waals surface area contributed by atoms with Crippen molar-refractivity contribution in [3.8, 4) is 5.69 Å². The van der Waals surface area contributed by atoms with Crippen LogP contribution in [0, 0.1) is 11.7 Å². The van der Waals surface area contributed by atoms with Gasteiger partial charge < -0.3 is 10.0 Å². The summed E-state index contributed by atoms with van der Waals surface area (Å²) in [5, 5.41) is 13.1. The monoisotopic (exact) mass is 345 g/mol. The Bertz CT molecular complexity index is 855. The molecule has 1 aliphatic rings. The summed E-state index contributed by atoms with van der Waals surface area (Å²) in [6, 6.07) is 7.78. The molecule has 25 heavy (non-hydrogen) atoms. The lowest BCUT2D eigenvalue weighted by Crippen LogP contribution is -2.41. The first kappa shape index (κ1) is 16.8. The number of carboxylic acids is 1. The van der Waals surface area contributed by atoms with Gasteiger partial charge in [-0.25, -0.2) is 4.39 Å². The summed E-state index contributed by atoms with van der Waals surface area (Å²) in [4.78, 5) is 37.1. The van der Waals surface area contributed by atoms with Crippen molar-refractivity contribution in [1.29, 1.82) is 0 Å². The molecule has 1 aromatic heterocycles. The Balaban J connectivity index is 1.82. The van der Waals surface area contributed by atoms with E-state index in [0.717, 1.165) is 4.68 Å². The highest BCUT2D eigenvalue weighted by Gasteiger charge is 2.28. The minimum absolute atomic E-state index is 0.0812. The number of benzene rings is 1. The molecule has 0 saturated carbocycles. The fourth-order valence-electron chi connectivity index (χ4n) is 2.78. The van der Waals surface area contributed by atoms with Crippen molar-refractivity contribution in [1.82, 2.24) is 14.7 Å². The summed E-state index contributed by atoms with van der Waals surface area (Å²) in [5.41, 5.74) is -0.00363. The zero-order valence-corrected chi connectivity index (χ0v) is 13.3. The van der Waals surface area contributed by atoms with E-state index in [1.807, 2.05) is 0 Å². The largest absolute Gasteiger partial charge is 0.481 e. The lowest BCUT2D eigenvalue weighted by atomic mass is 9.97. The van der Waals surface area contributed by atoms with E-state index in [1.165, 1.54) is 41.3 Å². The highest BCUT2D eigenvalue weighted by molar-refractivity contribution is 5.92. The van der Waals surface area contributed by atoms with Crippen molar-refractivity contribution in [2.24, 2.45) is 5.92 Å². The molecule has 2 heterocycles. The van der Waals surface area contributed by atoms with Crippen LogP contribution in [-0.2, 0) is 4.79 Å². The van der Waals surface area contributed by atoms with Crippen LogP contribution in [0.4, 0.5) is 4.39 Å². The Hall–Kier alpha value is -3.03. The first-order chi connectivity index (χ1) is 12.0. The number of hydrogen-bond acceptors (Lipinski definition) is 4. The van der Waals surface area contributed by atoms with Crippen LogP contribution in [0.2, 0.25) is 0 Å². The van der Waals surface area contributed by atoms with Crippen molar-refractivity contribution >= 4 is 11.9 Å². The molecule has 0 unspecified atom stereocenters. The third-order valence-corrected chi connectivity index (χ3v) is 4.22. The molecule has 8 heteroatoms. The van der Waals surface area contributed by atoms with Crippen LogP contribution in [0.25, 0.3) is 5.69 Å². The molecule has 0 atom stereocenters. The van der Waals surface area contributed by atoms with E-state index >= 15 is 0 Å². The van der Waals surface area contributed by atoms with Gasteiger partial charge in [-0.2, -0.15) is 9.78 Å². The molecule has 7 nitrogen and oxygen atoms in total. The highest BCUT2D eigenvalue weighted by atomic mass is 19.1. The smallest absolute Gasteiger partial charge is 0.306 e. The normalized spacial score (nSPS) is 15.2. The van der Waals surface area contributed by atoms with E-state index in [-0.39, 0.29) is 11.6 Å². The molecule has 1 saturated heterocycles. The molecule has 130 valence electrons. The van der Waals surface area contributed by atoms with Crippen molar-refractivity contribution in [2.45, 2.75) is 12.8 Å². The van der Waals surface area contributed by atoms with Gasteiger partial charge in [0.1, 0.15) is 11.5 Å². The topological polar surface area (TPSA) is 92.5 Å². The second-order valence-corrected chi connectivity index (χ2v) is 5.85. The number of carboxylic acid groups (broad SMARTS) is 1. The van der Waals surface area contributed by atoms with Gasteiger partial charge in [0, 0.05) is 19.2 Å². The van der Waals surface area contributed by atoms with Gasteiger partial charge in [-0.3, -0.25) is 14.4 Å². The Morgan fingerprint density at radius 3 is 2.32 bits per heavy atom. The van der Waals surface area contributed by atoms with Gasteiger partial charge >= 0.3 is 5.97 Å². The quantitative estimate of drug-likeness (QED) is 0.905. The summed E-state index contributed by atoms with van der Waals surface area (Å²) in [7, 11) is 0. The molecule has 1 N–H and O–H groups in total. The molecule has 0 aliphatic carbocycles. The Morgan fingerprint density at radius 2 is 1.72 bits per heavy atom. The van der Waals surface area contributed by atoms with Gasteiger partial charge in [0.05, 0.1) is 11.6 Å². The number of halogens is 1. The fraction of sp³-hybridized carbons (Fsp3) is 0.294. The van der Waals surface area contributed by atoms with E-state index in [4.69, 9.17) is 5.11 Å². The third kappa shape index (κ3) is 3.57. The van der Waals surface area contributed by atoms with Crippen LogP contribution in [-0.4, -0.2) is 44.8 Å². The highest BCUT2D eigenvalue weighted by Crippen LogP contribution is 2.18. The number of hydrogen-bond donors (Lipinski definition) is 1. The summed E-state index contributed by atoms with van der Waals surface area (Å²) < 4.78 is 14.1. The lowest BCUT2D eigenvalue weighted by Gasteiger charge is -2.29. The van der Waals surface area contributed by atoms with Gasteiger partial charge in [-0.05, 0) is 43.2 Å². The summed E-state index contributed by atoms with van der Waals surface area (Å²) in [5.74, 6) is -2.09. The summed E-state index contributed by atoms with van der Waals surface area (Å²) in [6.45, 7) is 0.653. The van der Waals surface area contributed by atoms with Crippen molar-refractivity contribution < 1.29 is 19.1 Å². The van der Waals surface area contributed by atoms with Crippen LogP contribution in [0.3, 0.4) is 0 Å². The average molecular weight is 345 g/mol. The van der Waals surface area contributed by atoms with Crippen LogP contribution in [0.5, 0.6) is 0 Å². The Labute approximate surface area is 142 Å². The number of nitrogens with zero attached hydrogens (tertiary/aromatic N) is 3. The average Bonchev–Trinajstić information content (AvgIpc) is 2.62. The van der Waals surface area contributed by atoms with Gasteiger partial charge in [0.2, 0.25) is 0 Å². The van der Waals surface area contributed by atoms with E-state index in [1.54, 1.807) is 0 Å². The van der Waals surface area contributed by atoms with E-state index in [0.29, 0.717) is 31.6 Å². The molecule has 1 aromatic carbocycles. The SMILES string of the molecule is O=C(O)C1CCN(C(=O)c2ccc(=O)n(-c3ccc(F)cc3)n2)CC1. The number of carbonyl (C=O) groups is 2. The predicted octanol–water partition coefficient (Wildman–Crippen LogP) is 1.31. The molecule has 0 bridgehead atoms. The minimum atomic E-state index is -0.852. The maximum atomic E-state index is 13.0. The fourth-order valence-corrected chi connectivity index (χ4v) is 2.78. The van der Waals surface area contributed by atoms with Crippen molar-refractivity contribution in [3.05, 3.63) is 58.3 Å². The molecule has 1 fully saturated rings. The van der Waals surface area contributed by atoms with E-state index in [2.05, 4.69) is 5.10 Å². The number of rotatable bonds is 3. The molecule has 0 radical (unpaired) electrons. The van der Waals surface area contributed by atoms with Crippen molar-refractivity contribution in [2.75, 3.05) is 13.1 Å².